The molecule has 3 heteroatoms. The summed E-state index contributed by atoms with van der Waals surface area (Å²) in [6.07, 6.45) is 7.56. The lowest BCUT2D eigenvalue weighted by molar-refractivity contribution is -0.107. The molecule has 5 unspecified atom stereocenters. The molecule has 3 fully saturated rings. The van der Waals surface area contributed by atoms with Crippen molar-refractivity contribution in [1.29, 1.82) is 0 Å². The first kappa shape index (κ1) is 16.1. The van der Waals surface area contributed by atoms with Gasteiger partial charge in [-0.2, -0.15) is 11.8 Å². The maximum absolute atomic E-state index is 7.16. The van der Waals surface area contributed by atoms with E-state index in [4.69, 9.17) is 10.5 Å². The molecule has 2 nitrogen and oxygen atoms in total. The van der Waals surface area contributed by atoms with Crippen LogP contribution in [-0.4, -0.2) is 29.3 Å². The minimum atomic E-state index is 0.0515. The largest absolute Gasteiger partial charge is 0.374 e. The van der Waals surface area contributed by atoms with Gasteiger partial charge in [0.05, 0.1) is 5.60 Å². The second-order valence-corrected chi connectivity index (χ2v) is 9.48. The van der Waals surface area contributed by atoms with Crippen molar-refractivity contribution in [1.82, 2.24) is 0 Å². The monoisotopic (exact) mass is 311 g/mol. The predicted molar refractivity (Wildman–Crippen MR) is 91.6 cm³/mol. The van der Waals surface area contributed by atoms with Crippen molar-refractivity contribution in [2.24, 2.45) is 29.4 Å². The van der Waals surface area contributed by atoms with Gasteiger partial charge in [0.2, 0.25) is 0 Å². The van der Waals surface area contributed by atoms with Crippen molar-refractivity contribution in [2.45, 2.75) is 70.4 Å². The van der Waals surface area contributed by atoms with E-state index in [0.717, 1.165) is 12.5 Å². The van der Waals surface area contributed by atoms with E-state index in [-0.39, 0.29) is 11.1 Å². The fraction of sp³-hybridized carbons (Fsp3) is 1.00. The molecule has 2 heterocycles. The van der Waals surface area contributed by atoms with E-state index in [9.17, 15) is 0 Å². The van der Waals surface area contributed by atoms with Crippen molar-refractivity contribution in [2.75, 3.05) is 18.1 Å². The Balaban J connectivity index is 1.81. The van der Waals surface area contributed by atoms with Crippen LogP contribution in [0.5, 0.6) is 0 Å². The third kappa shape index (κ3) is 3.03. The van der Waals surface area contributed by atoms with Crippen LogP contribution in [0.25, 0.3) is 0 Å². The van der Waals surface area contributed by atoms with Gasteiger partial charge in [-0.05, 0) is 61.5 Å². The van der Waals surface area contributed by atoms with Crippen LogP contribution in [0.1, 0.15) is 59.3 Å². The minimum absolute atomic E-state index is 0.0515. The molecule has 5 atom stereocenters. The first-order chi connectivity index (χ1) is 9.95. The van der Waals surface area contributed by atoms with Gasteiger partial charge in [0.25, 0.3) is 0 Å². The molecule has 1 spiro atoms. The van der Waals surface area contributed by atoms with Gasteiger partial charge in [0.15, 0.2) is 0 Å². The molecule has 0 radical (unpaired) electrons. The van der Waals surface area contributed by atoms with E-state index >= 15 is 0 Å². The summed E-state index contributed by atoms with van der Waals surface area (Å²) in [5, 5.41) is 0. The maximum Gasteiger partial charge on any atom is 0.0783 e. The maximum atomic E-state index is 7.16. The highest BCUT2D eigenvalue weighted by Crippen LogP contribution is 2.50. The molecule has 3 aliphatic rings. The predicted octanol–water partition coefficient (Wildman–Crippen LogP) is 4.08. The topological polar surface area (TPSA) is 35.2 Å². The molecule has 0 bridgehead atoms. The van der Waals surface area contributed by atoms with E-state index in [1.807, 2.05) is 0 Å². The summed E-state index contributed by atoms with van der Waals surface area (Å²) in [4.78, 5) is 0. The van der Waals surface area contributed by atoms with Crippen molar-refractivity contribution >= 4 is 11.8 Å². The summed E-state index contributed by atoms with van der Waals surface area (Å²) in [6, 6.07) is 0. The van der Waals surface area contributed by atoms with Crippen LogP contribution in [0.2, 0.25) is 0 Å². The van der Waals surface area contributed by atoms with Crippen LogP contribution in [0, 0.1) is 23.7 Å². The lowest BCUT2D eigenvalue weighted by Crippen LogP contribution is -2.61. The van der Waals surface area contributed by atoms with Gasteiger partial charge >= 0.3 is 0 Å². The molecule has 122 valence electrons. The van der Waals surface area contributed by atoms with Crippen LogP contribution < -0.4 is 5.73 Å². The molecule has 0 aromatic carbocycles. The van der Waals surface area contributed by atoms with E-state index in [2.05, 4.69) is 32.5 Å². The molecule has 21 heavy (non-hydrogen) atoms. The summed E-state index contributed by atoms with van der Waals surface area (Å²) in [6.45, 7) is 8.09. The zero-order chi connectivity index (χ0) is 15.1. The SMILES string of the molecule is CC1CCC(C(C)C)C(N)(C2CCOC3(CCSC3)C2)C1. The average molecular weight is 312 g/mol. The molecule has 1 saturated carbocycles. The molecule has 1 aliphatic carbocycles. The first-order valence-electron chi connectivity index (χ1n) is 8.96. The van der Waals surface area contributed by atoms with E-state index in [1.54, 1.807) is 0 Å². The van der Waals surface area contributed by atoms with Crippen LogP contribution in [0.15, 0.2) is 0 Å². The third-order valence-electron chi connectivity index (χ3n) is 6.49. The van der Waals surface area contributed by atoms with Crippen molar-refractivity contribution in [3.8, 4) is 0 Å². The molecule has 2 saturated heterocycles. The van der Waals surface area contributed by atoms with E-state index < -0.39 is 0 Å². The summed E-state index contributed by atoms with van der Waals surface area (Å²) >= 11 is 2.07. The lowest BCUT2D eigenvalue weighted by atomic mass is 9.57. The highest BCUT2D eigenvalue weighted by atomic mass is 32.2. The normalized spacial score (nSPS) is 48.1. The highest BCUT2D eigenvalue weighted by molar-refractivity contribution is 7.99. The summed E-state index contributed by atoms with van der Waals surface area (Å²) in [5.74, 6) is 5.33. The van der Waals surface area contributed by atoms with Crippen molar-refractivity contribution < 1.29 is 4.74 Å². The average Bonchev–Trinajstić information content (AvgIpc) is 2.86. The first-order valence-corrected chi connectivity index (χ1v) is 10.1. The Labute approximate surface area is 135 Å². The second-order valence-electron chi connectivity index (χ2n) is 8.37. The number of hydrogen-bond acceptors (Lipinski definition) is 3. The Kier molecular flexibility index (Phi) is 4.65. The van der Waals surface area contributed by atoms with Gasteiger partial charge in [-0.3, -0.25) is 0 Å². The molecular formula is C18H33NOS. The zero-order valence-corrected chi connectivity index (χ0v) is 14.9. The van der Waals surface area contributed by atoms with Gasteiger partial charge in [0, 0.05) is 17.9 Å². The number of thioether (sulfide) groups is 1. The molecule has 3 rings (SSSR count). The minimum Gasteiger partial charge on any atom is -0.374 e. The highest BCUT2D eigenvalue weighted by Gasteiger charge is 2.51. The Bertz CT molecular complexity index is 366. The molecule has 0 amide bonds. The Morgan fingerprint density at radius 2 is 2.00 bits per heavy atom. The number of hydrogen-bond donors (Lipinski definition) is 1. The lowest BCUT2D eigenvalue weighted by Gasteiger charge is -2.54. The van der Waals surface area contributed by atoms with Gasteiger partial charge < -0.3 is 10.5 Å². The summed E-state index contributed by atoms with van der Waals surface area (Å²) < 4.78 is 6.24. The molecular weight excluding hydrogens is 278 g/mol. The fourth-order valence-corrected chi connectivity index (χ4v) is 6.74. The molecule has 0 aromatic heterocycles. The Hall–Kier alpha value is 0.270. The quantitative estimate of drug-likeness (QED) is 0.834. The number of ether oxygens (including phenoxy) is 1. The fourth-order valence-electron chi connectivity index (χ4n) is 5.36. The van der Waals surface area contributed by atoms with Crippen LogP contribution in [0.4, 0.5) is 0 Å². The summed E-state index contributed by atoms with van der Waals surface area (Å²) in [5.41, 5.74) is 7.38. The van der Waals surface area contributed by atoms with Gasteiger partial charge in [0.1, 0.15) is 0 Å². The molecule has 2 aliphatic heterocycles. The zero-order valence-electron chi connectivity index (χ0n) is 14.1. The van der Waals surface area contributed by atoms with E-state index in [1.165, 1.54) is 50.0 Å². The van der Waals surface area contributed by atoms with Gasteiger partial charge in [-0.25, -0.2) is 0 Å². The van der Waals surface area contributed by atoms with E-state index in [0.29, 0.717) is 17.8 Å². The number of nitrogens with two attached hydrogens (primary N) is 1. The van der Waals surface area contributed by atoms with Crippen molar-refractivity contribution in [3.05, 3.63) is 0 Å². The summed E-state index contributed by atoms with van der Waals surface area (Å²) in [7, 11) is 0. The standard InChI is InChI=1S/C18H33NOS/c1-13(2)16-5-4-14(3)10-18(16,19)15-6-8-20-17(11-15)7-9-21-12-17/h13-16H,4-12,19H2,1-3H3. The number of rotatable bonds is 2. The molecule has 0 aromatic rings. The molecule has 2 N–H and O–H groups in total. The van der Waals surface area contributed by atoms with Crippen LogP contribution in [0.3, 0.4) is 0 Å². The van der Waals surface area contributed by atoms with Crippen molar-refractivity contribution in [3.63, 3.8) is 0 Å². The Morgan fingerprint density at radius 1 is 1.19 bits per heavy atom. The third-order valence-corrected chi connectivity index (χ3v) is 7.71. The van der Waals surface area contributed by atoms with Crippen LogP contribution >= 0.6 is 11.8 Å². The smallest absolute Gasteiger partial charge is 0.0783 e. The second kappa shape index (κ2) is 6.05. The van der Waals surface area contributed by atoms with Gasteiger partial charge in [-0.15, -0.1) is 0 Å². The Morgan fingerprint density at radius 3 is 2.67 bits per heavy atom. The van der Waals surface area contributed by atoms with Crippen LogP contribution in [-0.2, 0) is 4.74 Å². The van der Waals surface area contributed by atoms with Gasteiger partial charge in [-0.1, -0.05) is 27.2 Å².